The Morgan fingerprint density at radius 1 is 1.37 bits per heavy atom. The number of nitrogens with one attached hydrogen (secondary N) is 2. The molecule has 0 aromatic heterocycles. The zero-order valence-corrected chi connectivity index (χ0v) is 16.8. The molecule has 3 atom stereocenters. The summed E-state index contributed by atoms with van der Waals surface area (Å²) in [4.78, 5) is 39.8. The highest BCUT2D eigenvalue weighted by atomic mass is 16.7. The summed E-state index contributed by atoms with van der Waals surface area (Å²) in [6, 6.07) is 0. The molecule has 1 aliphatic rings. The molecule has 154 valence electrons. The van der Waals surface area contributed by atoms with E-state index in [-0.39, 0.29) is 19.1 Å². The fraction of sp³-hybridized carbons (Fsp3) is 0.722. The van der Waals surface area contributed by atoms with Crippen molar-refractivity contribution in [2.45, 2.75) is 58.8 Å². The standard InChI is InChI=1S/C18H30N2O7/c1-7-24-16(23)18(10-25-13(3)22)8-14(20-27-18)15(26-17(4,5)6)12(2)9-19-11-21/h8,11-12,15,20H,7,9-10H2,1-6H3,(H,19,21)/t12?,15-,18?/m0/s1. The Hall–Kier alpha value is -2.13. The summed E-state index contributed by atoms with van der Waals surface area (Å²) < 4.78 is 16.2. The van der Waals surface area contributed by atoms with Crippen molar-refractivity contribution in [3.63, 3.8) is 0 Å². The van der Waals surface area contributed by atoms with Gasteiger partial charge in [-0.1, -0.05) is 6.92 Å². The number of carbonyl (C=O) groups is 3. The van der Waals surface area contributed by atoms with Gasteiger partial charge in [0.15, 0.2) is 0 Å². The Bertz CT molecular complexity index is 571. The minimum atomic E-state index is -1.60. The van der Waals surface area contributed by atoms with Crippen LogP contribution in [0.25, 0.3) is 0 Å². The van der Waals surface area contributed by atoms with Gasteiger partial charge in [0, 0.05) is 19.4 Å². The van der Waals surface area contributed by atoms with Gasteiger partial charge in [0.1, 0.15) is 12.7 Å². The van der Waals surface area contributed by atoms with E-state index in [0.29, 0.717) is 18.7 Å². The molecule has 0 aliphatic carbocycles. The van der Waals surface area contributed by atoms with Crippen LogP contribution in [0, 0.1) is 5.92 Å². The van der Waals surface area contributed by atoms with Gasteiger partial charge in [0.2, 0.25) is 12.0 Å². The van der Waals surface area contributed by atoms with Crippen LogP contribution in [0.3, 0.4) is 0 Å². The Morgan fingerprint density at radius 2 is 2.04 bits per heavy atom. The average Bonchev–Trinajstić information content (AvgIpc) is 3.01. The predicted molar refractivity (Wildman–Crippen MR) is 96.2 cm³/mol. The lowest BCUT2D eigenvalue weighted by Crippen LogP contribution is -2.45. The number of rotatable bonds is 10. The van der Waals surface area contributed by atoms with Gasteiger partial charge in [-0.3, -0.25) is 15.1 Å². The fourth-order valence-electron chi connectivity index (χ4n) is 2.50. The number of hydrogen-bond acceptors (Lipinski definition) is 8. The number of amides is 1. The molecular formula is C18H30N2O7. The lowest BCUT2D eigenvalue weighted by molar-refractivity contribution is -0.179. The molecule has 0 spiro atoms. The first kappa shape index (κ1) is 22.9. The molecule has 9 nitrogen and oxygen atoms in total. The summed E-state index contributed by atoms with van der Waals surface area (Å²) in [6.45, 7) is 10.7. The molecule has 0 saturated heterocycles. The van der Waals surface area contributed by atoms with E-state index in [4.69, 9.17) is 19.0 Å². The molecule has 2 unspecified atom stereocenters. The van der Waals surface area contributed by atoms with E-state index < -0.39 is 29.2 Å². The number of esters is 2. The molecule has 27 heavy (non-hydrogen) atoms. The Balaban J connectivity index is 3.17. The first-order valence-electron chi connectivity index (χ1n) is 8.87. The van der Waals surface area contributed by atoms with Crippen LogP contribution in [0.15, 0.2) is 11.8 Å². The van der Waals surface area contributed by atoms with Gasteiger partial charge >= 0.3 is 11.9 Å². The Kier molecular flexibility index (Phi) is 8.23. The summed E-state index contributed by atoms with van der Waals surface area (Å²) in [7, 11) is 0. The van der Waals surface area contributed by atoms with Crippen molar-refractivity contribution in [3.8, 4) is 0 Å². The quantitative estimate of drug-likeness (QED) is 0.420. The van der Waals surface area contributed by atoms with Gasteiger partial charge in [-0.25, -0.2) is 9.63 Å². The number of hydroxylamine groups is 1. The Labute approximate surface area is 159 Å². The minimum absolute atomic E-state index is 0.136. The van der Waals surface area contributed by atoms with Gasteiger partial charge in [0.25, 0.3) is 0 Å². The van der Waals surface area contributed by atoms with E-state index in [2.05, 4.69) is 10.8 Å². The summed E-state index contributed by atoms with van der Waals surface area (Å²) >= 11 is 0. The molecule has 2 N–H and O–H groups in total. The molecule has 1 aliphatic heterocycles. The van der Waals surface area contributed by atoms with Gasteiger partial charge in [-0.15, -0.1) is 0 Å². The van der Waals surface area contributed by atoms with Gasteiger partial charge < -0.3 is 19.5 Å². The van der Waals surface area contributed by atoms with E-state index in [1.54, 1.807) is 6.92 Å². The summed E-state index contributed by atoms with van der Waals surface area (Å²) in [6.07, 6.45) is 1.62. The van der Waals surface area contributed by atoms with E-state index >= 15 is 0 Å². The lowest BCUT2D eigenvalue weighted by atomic mass is 9.96. The number of ether oxygens (including phenoxy) is 3. The maximum atomic E-state index is 12.5. The lowest BCUT2D eigenvalue weighted by Gasteiger charge is -2.32. The summed E-state index contributed by atoms with van der Waals surface area (Å²) in [5, 5.41) is 2.62. The van der Waals surface area contributed by atoms with Gasteiger partial charge in [-0.2, -0.15) is 0 Å². The highest BCUT2D eigenvalue weighted by Crippen LogP contribution is 2.30. The van der Waals surface area contributed by atoms with Crippen LogP contribution in [0.5, 0.6) is 0 Å². The molecule has 0 fully saturated rings. The van der Waals surface area contributed by atoms with Crippen LogP contribution < -0.4 is 10.8 Å². The summed E-state index contributed by atoms with van der Waals surface area (Å²) in [5.74, 6) is -1.36. The van der Waals surface area contributed by atoms with Crippen LogP contribution in [0.4, 0.5) is 0 Å². The maximum absolute atomic E-state index is 12.5. The number of hydrogen-bond donors (Lipinski definition) is 2. The molecule has 1 rings (SSSR count). The molecule has 0 bridgehead atoms. The van der Waals surface area contributed by atoms with Crippen molar-refractivity contribution in [1.82, 2.24) is 10.8 Å². The summed E-state index contributed by atoms with van der Waals surface area (Å²) in [5.41, 5.74) is 1.11. The molecule has 0 aromatic carbocycles. The molecule has 9 heteroatoms. The Morgan fingerprint density at radius 3 is 2.56 bits per heavy atom. The molecule has 1 amide bonds. The first-order valence-corrected chi connectivity index (χ1v) is 8.87. The van der Waals surface area contributed by atoms with E-state index in [1.165, 1.54) is 13.0 Å². The molecule has 0 aromatic rings. The second-order valence-corrected chi connectivity index (χ2v) is 7.35. The highest BCUT2D eigenvalue weighted by Gasteiger charge is 2.48. The third-order valence-electron chi connectivity index (χ3n) is 3.68. The van der Waals surface area contributed by atoms with Gasteiger partial charge in [0.05, 0.1) is 17.9 Å². The van der Waals surface area contributed by atoms with Crippen LogP contribution in [-0.4, -0.2) is 55.4 Å². The van der Waals surface area contributed by atoms with E-state index in [9.17, 15) is 14.4 Å². The second-order valence-electron chi connectivity index (χ2n) is 7.35. The third-order valence-corrected chi connectivity index (χ3v) is 3.68. The minimum Gasteiger partial charge on any atom is -0.463 e. The first-order chi connectivity index (χ1) is 12.5. The molecule has 0 radical (unpaired) electrons. The van der Waals surface area contributed by atoms with Crippen LogP contribution >= 0.6 is 0 Å². The van der Waals surface area contributed by atoms with Crippen molar-refractivity contribution < 1.29 is 33.4 Å². The van der Waals surface area contributed by atoms with Crippen molar-refractivity contribution in [3.05, 3.63) is 11.8 Å². The van der Waals surface area contributed by atoms with Crippen molar-refractivity contribution in [2.24, 2.45) is 5.92 Å². The van der Waals surface area contributed by atoms with Gasteiger partial charge in [-0.05, 0) is 33.8 Å². The van der Waals surface area contributed by atoms with Crippen LogP contribution in [0.1, 0.15) is 41.5 Å². The molecule has 1 heterocycles. The molecule has 0 saturated carbocycles. The van der Waals surface area contributed by atoms with Crippen molar-refractivity contribution >= 4 is 18.3 Å². The monoisotopic (exact) mass is 386 g/mol. The molecular weight excluding hydrogens is 356 g/mol. The third kappa shape index (κ3) is 6.84. The topological polar surface area (TPSA) is 112 Å². The van der Waals surface area contributed by atoms with Crippen LogP contribution in [-0.2, 0) is 33.4 Å². The number of carbonyl (C=O) groups excluding carboxylic acids is 3. The van der Waals surface area contributed by atoms with Crippen LogP contribution in [0.2, 0.25) is 0 Å². The predicted octanol–water partition coefficient (Wildman–Crippen LogP) is 0.836. The van der Waals surface area contributed by atoms with Crippen molar-refractivity contribution in [2.75, 3.05) is 19.8 Å². The second kappa shape index (κ2) is 9.70. The smallest absolute Gasteiger partial charge is 0.349 e. The zero-order chi connectivity index (χ0) is 20.7. The van der Waals surface area contributed by atoms with E-state index in [0.717, 1.165) is 0 Å². The zero-order valence-electron chi connectivity index (χ0n) is 16.8. The average molecular weight is 386 g/mol. The normalized spacial score (nSPS) is 21.5. The maximum Gasteiger partial charge on any atom is 0.349 e. The van der Waals surface area contributed by atoms with E-state index in [1.807, 2.05) is 27.7 Å². The largest absolute Gasteiger partial charge is 0.463 e. The SMILES string of the molecule is CCOC(=O)C1(COC(C)=O)C=C([C@@H](OC(C)(C)C)C(C)CNC=O)NO1. The van der Waals surface area contributed by atoms with Crippen molar-refractivity contribution in [1.29, 1.82) is 0 Å². The fourth-order valence-corrected chi connectivity index (χ4v) is 2.50. The highest BCUT2D eigenvalue weighted by molar-refractivity contribution is 5.83.